The van der Waals surface area contributed by atoms with Crippen LogP contribution in [0.5, 0.6) is 0 Å². The molecular weight excluding hydrogens is 407 g/mol. The molecular formula is C18H16F3N5O2S. The van der Waals surface area contributed by atoms with Gasteiger partial charge in [0, 0.05) is 18.6 Å². The molecule has 152 valence electrons. The number of imidazole rings is 1. The fourth-order valence-corrected chi connectivity index (χ4v) is 4.31. The van der Waals surface area contributed by atoms with Gasteiger partial charge in [0.15, 0.2) is 20.5 Å². The van der Waals surface area contributed by atoms with Gasteiger partial charge in [-0.15, -0.1) is 0 Å². The minimum Gasteiger partial charge on any atom is -0.296 e. The molecule has 3 aromatic heterocycles. The Morgan fingerprint density at radius 1 is 1.14 bits per heavy atom. The Kier molecular flexibility index (Phi) is 4.19. The van der Waals surface area contributed by atoms with Gasteiger partial charge in [0.1, 0.15) is 5.52 Å². The van der Waals surface area contributed by atoms with Crippen LogP contribution in [0.4, 0.5) is 13.2 Å². The van der Waals surface area contributed by atoms with E-state index in [1.54, 1.807) is 25.2 Å². The van der Waals surface area contributed by atoms with Crippen molar-refractivity contribution in [3.63, 3.8) is 0 Å². The fraction of sp³-hybridized carbons (Fsp3) is 0.278. The maximum atomic E-state index is 13.0. The standard InChI is InChI=1S/C18H16F3N5O2S/c1-4-29(27,28)16-12-7-10(2)5-6-13(12)24-26(16)17-23-14-8-11(18(19,20)21)9-22-15(14)25(17)3/h5-9H,4H2,1-3H3. The molecule has 0 aliphatic heterocycles. The Morgan fingerprint density at radius 3 is 2.52 bits per heavy atom. The van der Waals surface area contributed by atoms with Crippen LogP contribution < -0.4 is 0 Å². The van der Waals surface area contributed by atoms with E-state index in [1.165, 1.54) is 11.5 Å². The molecule has 0 saturated carbocycles. The predicted octanol–water partition coefficient (Wildman–Crippen LogP) is 3.43. The SMILES string of the molecule is CCS(=O)(=O)c1c2cc(C)ccc2nn1-c1nc2cc(C(F)(F)F)cnc2n1C. The van der Waals surface area contributed by atoms with E-state index in [-0.39, 0.29) is 27.9 Å². The molecule has 0 spiro atoms. The number of benzene rings is 1. The Bertz CT molecular complexity index is 1370. The van der Waals surface area contributed by atoms with E-state index >= 15 is 0 Å². The fourth-order valence-electron chi connectivity index (χ4n) is 3.16. The van der Waals surface area contributed by atoms with Crippen LogP contribution in [0.2, 0.25) is 0 Å². The molecule has 0 unspecified atom stereocenters. The Morgan fingerprint density at radius 2 is 1.86 bits per heavy atom. The summed E-state index contributed by atoms with van der Waals surface area (Å²) in [4.78, 5) is 8.08. The molecule has 29 heavy (non-hydrogen) atoms. The smallest absolute Gasteiger partial charge is 0.296 e. The predicted molar refractivity (Wildman–Crippen MR) is 101 cm³/mol. The van der Waals surface area contributed by atoms with E-state index in [0.717, 1.165) is 22.5 Å². The number of hydrogen-bond donors (Lipinski definition) is 0. The Labute approximate surface area is 163 Å². The zero-order valence-corrected chi connectivity index (χ0v) is 16.5. The largest absolute Gasteiger partial charge is 0.417 e. The highest BCUT2D eigenvalue weighted by atomic mass is 32.2. The second kappa shape index (κ2) is 6.28. The van der Waals surface area contributed by atoms with Crippen molar-refractivity contribution in [2.45, 2.75) is 25.0 Å². The molecule has 0 aliphatic carbocycles. The van der Waals surface area contributed by atoms with E-state index in [2.05, 4.69) is 15.1 Å². The summed E-state index contributed by atoms with van der Waals surface area (Å²) in [5.74, 6) is -0.102. The van der Waals surface area contributed by atoms with E-state index < -0.39 is 21.6 Å². The lowest BCUT2D eigenvalue weighted by Crippen LogP contribution is -2.14. The van der Waals surface area contributed by atoms with Crippen LogP contribution in [0.15, 0.2) is 35.5 Å². The first-order valence-corrected chi connectivity index (χ1v) is 10.3. The van der Waals surface area contributed by atoms with E-state index in [1.807, 2.05) is 6.92 Å². The summed E-state index contributed by atoms with van der Waals surface area (Å²) in [5, 5.41) is 4.75. The lowest BCUT2D eigenvalue weighted by molar-refractivity contribution is -0.137. The third-order valence-electron chi connectivity index (χ3n) is 4.66. The van der Waals surface area contributed by atoms with Crippen molar-refractivity contribution >= 4 is 31.9 Å². The molecule has 0 bridgehead atoms. The van der Waals surface area contributed by atoms with Crippen LogP contribution >= 0.6 is 0 Å². The van der Waals surface area contributed by atoms with Gasteiger partial charge in [-0.3, -0.25) is 4.57 Å². The van der Waals surface area contributed by atoms with Crippen molar-refractivity contribution in [3.05, 3.63) is 41.6 Å². The van der Waals surface area contributed by atoms with Gasteiger partial charge in [-0.1, -0.05) is 18.6 Å². The van der Waals surface area contributed by atoms with Crippen LogP contribution in [0, 0.1) is 6.92 Å². The van der Waals surface area contributed by atoms with Gasteiger partial charge >= 0.3 is 6.18 Å². The topological polar surface area (TPSA) is 82.7 Å². The van der Waals surface area contributed by atoms with Gasteiger partial charge in [0.05, 0.1) is 16.8 Å². The van der Waals surface area contributed by atoms with E-state index in [4.69, 9.17) is 0 Å². The van der Waals surface area contributed by atoms with Crippen molar-refractivity contribution in [2.24, 2.45) is 7.05 Å². The van der Waals surface area contributed by atoms with E-state index in [0.29, 0.717) is 10.9 Å². The first kappa shape index (κ1) is 19.4. The van der Waals surface area contributed by atoms with Crippen LogP contribution in [0.1, 0.15) is 18.1 Å². The second-order valence-corrected chi connectivity index (χ2v) is 8.87. The quantitative estimate of drug-likeness (QED) is 0.504. The van der Waals surface area contributed by atoms with Crippen molar-refractivity contribution in [3.8, 4) is 5.95 Å². The van der Waals surface area contributed by atoms with Crippen LogP contribution in [-0.4, -0.2) is 38.5 Å². The molecule has 3 heterocycles. The van der Waals surface area contributed by atoms with Crippen molar-refractivity contribution in [2.75, 3.05) is 5.75 Å². The molecule has 7 nitrogen and oxygen atoms in total. The number of rotatable bonds is 3. The lowest BCUT2D eigenvalue weighted by Gasteiger charge is -2.07. The first-order valence-electron chi connectivity index (χ1n) is 8.65. The van der Waals surface area contributed by atoms with Crippen molar-refractivity contribution < 1.29 is 21.6 Å². The maximum Gasteiger partial charge on any atom is 0.417 e. The summed E-state index contributed by atoms with van der Waals surface area (Å²) >= 11 is 0. The molecule has 1 aromatic carbocycles. The normalized spacial score (nSPS) is 12.9. The van der Waals surface area contributed by atoms with Gasteiger partial charge < -0.3 is 0 Å². The summed E-state index contributed by atoms with van der Waals surface area (Å²) in [6.45, 7) is 3.34. The number of aromatic nitrogens is 5. The monoisotopic (exact) mass is 423 g/mol. The molecule has 4 aromatic rings. The van der Waals surface area contributed by atoms with Crippen LogP contribution in [-0.2, 0) is 23.1 Å². The summed E-state index contributed by atoms with van der Waals surface area (Å²) in [6.07, 6.45) is -3.84. The molecule has 0 radical (unpaired) electrons. The molecule has 0 fully saturated rings. The zero-order valence-electron chi connectivity index (χ0n) is 15.7. The highest BCUT2D eigenvalue weighted by Crippen LogP contribution is 2.32. The summed E-state index contributed by atoms with van der Waals surface area (Å²) in [6, 6.07) is 6.09. The van der Waals surface area contributed by atoms with E-state index in [9.17, 15) is 21.6 Å². The van der Waals surface area contributed by atoms with Crippen molar-refractivity contribution in [1.82, 2.24) is 24.3 Å². The highest BCUT2D eigenvalue weighted by Gasteiger charge is 2.32. The number of fused-ring (bicyclic) bond motifs is 2. The Balaban J connectivity index is 2.06. The lowest BCUT2D eigenvalue weighted by atomic mass is 10.2. The average Bonchev–Trinajstić information content (AvgIpc) is 3.18. The summed E-state index contributed by atoms with van der Waals surface area (Å²) < 4.78 is 67.3. The second-order valence-electron chi connectivity index (χ2n) is 6.68. The molecule has 11 heteroatoms. The van der Waals surface area contributed by atoms with Gasteiger partial charge in [-0.05, 0) is 25.1 Å². The molecule has 0 atom stereocenters. The summed E-state index contributed by atoms with van der Waals surface area (Å²) in [5.41, 5.74) is 0.540. The summed E-state index contributed by atoms with van der Waals surface area (Å²) in [7, 11) is -2.17. The minimum atomic E-state index is -4.56. The number of sulfone groups is 1. The van der Waals surface area contributed by atoms with Gasteiger partial charge in [-0.2, -0.15) is 23.0 Å². The maximum absolute atomic E-state index is 13.0. The number of aryl methyl sites for hydroxylation is 2. The third kappa shape index (κ3) is 3.05. The number of hydrogen-bond acceptors (Lipinski definition) is 5. The van der Waals surface area contributed by atoms with Gasteiger partial charge in [0.2, 0.25) is 5.95 Å². The molecule has 0 saturated heterocycles. The molecule has 4 rings (SSSR count). The number of alkyl halides is 3. The third-order valence-corrected chi connectivity index (χ3v) is 6.40. The minimum absolute atomic E-state index is 0.00657. The molecule has 0 amide bonds. The first-order chi connectivity index (χ1) is 13.5. The average molecular weight is 423 g/mol. The van der Waals surface area contributed by atoms with Crippen LogP contribution in [0.3, 0.4) is 0 Å². The molecule has 0 aliphatic rings. The number of pyridine rings is 1. The van der Waals surface area contributed by atoms with Gasteiger partial charge in [-0.25, -0.2) is 18.4 Å². The van der Waals surface area contributed by atoms with Crippen molar-refractivity contribution in [1.29, 1.82) is 0 Å². The number of halogens is 3. The number of nitrogens with zero attached hydrogens (tertiary/aromatic N) is 5. The Hall–Kier alpha value is -2.95. The highest BCUT2D eigenvalue weighted by molar-refractivity contribution is 7.91. The molecule has 0 N–H and O–H groups in total. The zero-order chi connectivity index (χ0) is 21.1. The van der Waals surface area contributed by atoms with Crippen LogP contribution in [0.25, 0.3) is 28.0 Å². The van der Waals surface area contributed by atoms with Gasteiger partial charge in [0.25, 0.3) is 0 Å².